The molecular formula is C21H33NO. The lowest BCUT2D eigenvalue weighted by Crippen LogP contribution is -2.52. The van der Waals surface area contributed by atoms with Crippen molar-refractivity contribution >= 4 is 5.91 Å². The van der Waals surface area contributed by atoms with E-state index in [0.717, 1.165) is 24.8 Å². The maximum Gasteiger partial charge on any atom is 0.254 e. The van der Waals surface area contributed by atoms with Gasteiger partial charge in [0.15, 0.2) is 0 Å². The Bertz CT molecular complexity index is 492. The van der Waals surface area contributed by atoms with Gasteiger partial charge < -0.3 is 4.90 Å². The number of unbranched alkanes of at least 4 members (excludes halogenated alkanes) is 1. The van der Waals surface area contributed by atoms with E-state index in [1.54, 1.807) is 0 Å². The van der Waals surface area contributed by atoms with Crippen molar-refractivity contribution in [2.75, 3.05) is 0 Å². The Hall–Kier alpha value is -1.31. The molecule has 0 heterocycles. The summed E-state index contributed by atoms with van der Waals surface area (Å²) in [5.74, 6) is 0.200. The van der Waals surface area contributed by atoms with Gasteiger partial charge in [-0.05, 0) is 64.2 Å². The van der Waals surface area contributed by atoms with E-state index in [1.807, 2.05) is 12.1 Å². The highest BCUT2D eigenvalue weighted by molar-refractivity contribution is 5.95. The molecule has 0 radical (unpaired) electrons. The fourth-order valence-electron chi connectivity index (χ4n) is 3.69. The number of carbonyl (C=O) groups is 1. The summed E-state index contributed by atoms with van der Waals surface area (Å²) in [6, 6.07) is 8.70. The van der Waals surface area contributed by atoms with Crippen molar-refractivity contribution < 1.29 is 4.79 Å². The molecule has 0 saturated heterocycles. The summed E-state index contributed by atoms with van der Waals surface area (Å²) in [6.45, 7) is 8.70. The van der Waals surface area contributed by atoms with E-state index in [-0.39, 0.29) is 11.4 Å². The van der Waals surface area contributed by atoms with E-state index in [2.05, 4.69) is 44.7 Å². The first kappa shape index (κ1) is 18.0. The first-order chi connectivity index (χ1) is 10.9. The zero-order valence-electron chi connectivity index (χ0n) is 15.4. The number of hydrogen-bond donors (Lipinski definition) is 0. The molecule has 23 heavy (non-hydrogen) atoms. The number of carbonyl (C=O) groups excluding carboxylic acids is 1. The van der Waals surface area contributed by atoms with Gasteiger partial charge in [-0.25, -0.2) is 0 Å². The number of benzene rings is 1. The average molecular weight is 316 g/mol. The Labute approximate surface area is 142 Å². The van der Waals surface area contributed by atoms with Gasteiger partial charge in [0, 0.05) is 17.1 Å². The minimum Gasteiger partial charge on any atom is -0.331 e. The van der Waals surface area contributed by atoms with E-state index < -0.39 is 0 Å². The Morgan fingerprint density at radius 2 is 1.70 bits per heavy atom. The number of amides is 1. The van der Waals surface area contributed by atoms with Crippen LogP contribution in [0.4, 0.5) is 0 Å². The van der Waals surface area contributed by atoms with Crippen LogP contribution in [0.1, 0.15) is 88.6 Å². The first-order valence-electron chi connectivity index (χ1n) is 9.36. The Morgan fingerprint density at radius 3 is 2.22 bits per heavy atom. The van der Waals surface area contributed by atoms with Crippen LogP contribution in [0.15, 0.2) is 24.3 Å². The summed E-state index contributed by atoms with van der Waals surface area (Å²) >= 11 is 0. The van der Waals surface area contributed by atoms with Crippen molar-refractivity contribution in [1.29, 1.82) is 0 Å². The summed E-state index contributed by atoms with van der Waals surface area (Å²) in [4.78, 5) is 15.3. The van der Waals surface area contributed by atoms with Crippen LogP contribution in [0.3, 0.4) is 0 Å². The maximum atomic E-state index is 13.1. The molecule has 1 aromatic carbocycles. The van der Waals surface area contributed by atoms with Crippen LogP contribution in [0, 0.1) is 0 Å². The fourth-order valence-corrected chi connectivity index (χ4v) is 3.69. The lowest BCUT2D eigenvalue weighted by molar-refractivity contribution is 0.0367. The zero-order valence-corrected chi connectivity index (χ0v) is 15.4. The molecule has 0 aliphatic heterocycles. The van der Waals surface area contributed by atoms with Crippen molar-refractivity contribution in [2.24, 2.45) is 0 Å². The van der Waals surface area contributed by atoms with Gasteiger partial charge in [-0.1, -0.05) is 44.7 Å². The summed E-state index contributed by atoms with van der Waals surface area (Å²) in [5, 5.41) is 0. The van der Waals surface area contributed by atoms with E-state index in [0.29, 0.717) is 6.04 Å². The monoisotopic (exact) mass is 315 g/mol. The zero-order chi connectivity index (χ0) is 16.9. The maximum absolute atomic E-state index is 13.1. The van der Waals surface area contributed by atoms with Crippen LogP contribution in [0.5, 0.6) is 0 Å². The molecule has 2 heteroatoms. The number of aryl methyl sites for hydroxylation is 1. The lowest BCUT2D eigenvalue weighted by atomic mass is 9.90. The highest BCUT2D eigenvalue weighted by Crippen LogP contribution is 2.30. The van der Waals surface area contributed by atoms with Gasteiger partial charge >= 0.3 is 0 Å². The quantitative estimate of drug-likeness (QED) is 0.692. The van der Waals surface area contributed by atoms with E-state index in [1.165, 1.54) is 37.7 Å². The van der Waals surface area contributed by atoms with E-state index in [4.69, 9.17) is 0 Å². The minimum atomic E-state index is -0.125. The van der Waals surface area contributed by atoms with Crippen LogP contribution in [-0.2, 0) is 6.42 Å². The van der Waals surface area contributed by atoms with Gasteiger partial charge in [-0.15, -0.1) is 0 Å². The third-order valence-corrected chi connectivity index (χ3v) is 4.90. The van der Waals surface area contributed by atoms with Crippen molar-refractivity contribution in [3.8, 4) is 0 Å². The molecule has 1 aliphatic carbocycles. The molecule has 0 spiro atoms. The SMILES string of the molecule is CCCCc1ccc(C(=O)N(C2CCCCC2)C(C)(C)C)cc1. The smallest absolute Gasteiger partial charge is 0.254 e. The number of rotatable bonds is 5. The molecule has 1 fully saturated rings. The summed E-state index contributed by atoms with van der Waals surface area (Å²) in [5.41, 5.74) is 2.05. The van der Waals surface area contributed by atoms with Gasteiger partial charge in [-0.2, -0.15) is 0 Å². The molecule has 0 bridgehead atoms. The highest BCUT2D eigenvalue weighted by atomic mass is 16.2. The van der Waals surface area contributed by atoms with Crippen LogP contribution in [0.25, 0.3) is 0 Å². The Morgan fingerprint density at radius 1 is 1.09 bits per heavy atom. The molecular weight excluding hydrogens is 282 g/mol. The normalized spacial score (nSPS) is 16.3. The molecule has 0 unspecified atom stereocenters. The lowest BCUT2D eigenvalue weighted by Gasteiger charge is -2.43. The van der Waals surface area contributed by atoms with Gasteiger partial charge in [-0.3, -0.25) is 4.79 Å². The summed E-state index contributed by atoms with van der Waals surface area (Å²) in [6.07, 6.45) is 9.64. The van der Waals surface area contributed by atoms with Crippen molar-refractivity contribution in [1.82, 2.24) is 4.90 Å². The largest absolute Gasteiger partial charge is 0.331 e. The molecule has 1 amide bonds. The second-order valence-corrected chi connectivity index (χ2v) is 7.94. The Kier molecular flexibility index (Phi) is 6.26. The molecule has 0 aromatic heterocycles. The van der Waals surface area contributed by atoms with Gasteiger partial charge in [0.1, 0.15) is 0 Å². The van der Waals surface area contributed by atoms with Gasteiger partial charge in [0.2, 0.25) is 0 Å². The van der Waals surface area contributed by atoms with E-state index >= 15 is 0 Å². The third-order valence-electron chi connectivity index (χ3n) is 4.90. The van der Waals surface area contributed by atoms with Crippen molar-refractivity contribution in [2.45, 2.75) is 90.6 Å². The minimum absolute atomic E-state index is 0.125. The van der Waals surface area contributed by atoms with Crippen molar-refractivity contribution in [3.05, 3.63) is 35.4 Å². The molecule has 0 atom stereocenters. The van der Waals surface area contributed by atoms with Crippen LogP contribution in [0.2, 0.25) is 0 Å². The molecule has 1 saturated carbocycles. The Balaban J connectivity index is 2.16. The first-order valence-corrected chi connectivity index (χ1v) is 9.36. The summed E-state index contributed by atoms with van der Waals surface area (Å²) in [7, 11) is 0. The molecule has 2 rings (SSSR count). The predicted octanol–water partition coefficient (Wildman–Crippen LogP) is 5.60. The van der Waals surface area contributed by atoms with Crippen LogP contribution >= 0.6 is 0 Å². The predicted molar refractivity (Wildman–Crippen MR) is 97.8 cm³/mol. The molecule has 1 aliphatic rings. The fraction of sp³-hybridized carbons (Fsp3) is 0.667. The van der Waals surface area contributed by atoms with Crippen LogP contribution in [-0.4, -0.2) is 22.4 Å². The second-order valence-electron chi connectivity index (χ2n) is 7.94. The number of hydrogen-bond acceptors (Lipinski definition) is 1. The third kappa shape index (κ3) is 4.83. The highest BCUT2D eigenvalue weighted by Gasteiger charge is 2.34. The van der Waals surface area contributed by atoms with Crippen LogP contribution < -0.4 is 0 Å². The van der Waals surface area contributed by atoms with Gasteiger partial charge in [0.25, 0.3) is 5.91 Å². The van der Waals surface area contributed by atoms with Crippen molar-refractivity contribution in [3.63, 3.8) is 0 Å². The molecule has 0 N–H and O–H groups in total. The topological polar surface area (TPSA) is 20.3 Å². The standard InChI is InChI=1S/C21H33NO/c1-5-6-10-17-13-15-18(16-14-17)20(23)22(21(2,3)4)19-11-8-7-9-12-19/h13-16,19H,5-12H2,1-4H3. The summed E-state index contributed by atoms with van der Waals surface area (Å²) < 4.78 is 0. The molecule has 128 valence electrons. The number of nitrogens with zero attached hydrogens (tertiary/aromatic N) is 1. The average Bonchev–Trinajstić information content (AvgIpc) is 2.53. The van der Waals surface area contributed by atoms with E-state index in [9.17, 15) is 4.79 Å². The molecule has 1 aromatic rings. The van der Waals surface area contributed by atoms with Gasteiger partial charge in [0.05, 0.1) is 0 Å². The second kappa shape index (κ2) is 7.99. The molecule has 2 nitrogen and oxygen atoms in total.